The van der Waals surface area contributed by atoms with Gasteiger partial charge in [0.25, 0.3) is 0 Å². The molecule has 0 saturated heterocycles. The number of hydrogen-bond donors (Lipinski definition) is 2. The molecule has 0 amide bonds. The third-order valence-corrected chi connectivity index (χ3v) is 3.17. The molecular formula is C13H13ClN6O. The van der Waals surface area contributed by atoms with E-state index in [1.54, 1.807) is 30.1 Å². The molecule has 0 aliphatic rings. The Kier molecular flexibility index (Phi) is 3.59. The van der Waals surface area contributed by atoms with Gasteiger partial charge in [-0.25, -0.2) is 15.8 Å². The Balaban J connectivity index is 1.88. The topological polar surface area (TPSA) is 90.9 Å². The Labute approximate surface area is 125 Å². The van der Waals surface area contributed by atoms with Crippen molar-refractivity contribution in [1.82, 2.24) is 19.7 Å². The summed E-state index contributed by atoms with van der Waals surface area (Å²) >= 11 is 5.91. The van der Waals surface area contributed by atoms with Gasteiger partial charge in [0.15, 0.2) is 17.3 Å². The van der Waals surface area contributed by atoms with E-state index in [4.69, 9.17) is 22.2 Å². The van der Waals surface area contributed by atoms with Gasteiger partial charge >= 0.3 is 0 Å². The first-order valence-electron chi connectivity index (χ1n) is 6.21. The largest absolute Gasteiger partial charge is 0.486 e. The van der Waals surface area contributed by atoms with Gasteiger partial charge in [-0.15, -0.1) is 0 Å². The number of benzene rings is 1. The van der Waals surface area contributed by atoms with E-state index in [1.165, 1.54) is 0 Å². The molecule has 0 aliphatic carbocycles. The second-order valence-corrected chi connectivity index (χ2v) is 4.82. The Morgan fingerprint density at radius 1 is 1.38 bits per heavy atom. The third kappa shape index (κ3) is 2.74. The fourth-order valence-electron chi connectivity index (χ4n) is 1.95. The van der Waals surface area contributed by atoms with E-state index in [-0.39, 0.29) is 6.61 Å². The molecule has 0 aliphatic heterocycles. The molecular weight excluding hydrogens is 292 g/mol. The molecule has 0 bridgehead atoms. The Morgan fingerprint density at radius 3 is 3.00 bits per heavy atom. The maximum Gasteiger partial charge on any atom is 0.170 e. The number of rotatable bonds is 4. The molecule has 0 spiro atoms. The van der Waals surface area contributed by atoms with Crippen molar-refractivity contribution in [1.29, 1.82) is 0 Å². The summed E-state index contributed by atoms with van der Waals surface area (Å²) in [6.45, 7) is 0.205. The average molecular weight is 305 g/mol. The van der Waals surface area contributed by atoms with Gasteiger partial charge in [-0.2, -0.15) is 5.10 Å². The van der Waals surface area contributed by atoms with Crippen LogP contribution in [0.15, 0.2) is 30.5 Å². The number of nitrogens with zero attached hydrogens (tertiary/aromatic N) is 4. The molecule has 3 rings (SSSR count). The standard InChI is InChI=1S/C13H13ClN6O/c1-20-13-10(6-16-20)12(19-15)17-11(18-13)7-21-9-4-2-3-8(14)5-9/h2-6H,7,15H2,1H3,(H,17,18,19). The summed E-state index contributed by atoms with van der Waals surface area (Å²) in [6.07, 6.45) is 1.66. The van der Waals surface area contributed by atoms with Gasteiger partial charge in [0.1, 0.15) is 12.4 Å². The maximum atomic E-state index is 5.91. The molecule has 0 atom stereocenters. The van der Waals surface area contributed by atoms with E-state index in [0.717, 1.165) is 5.39 Å². The number of aryl methyl sites for hydroxylation is 1. The van der Waals surface area contributed by atoms with Crippen molar-refractivity contribution in [2.75, 3.05) is 5.43 Å². The molecule has 3 N–H and O–H groups in total. The molecule has 108 valence electrons. The minimum Gasteiger partial charge on any atom is -0.486 e. The first-order chi connectivity index (χ1) is 10.2. The highest BCUT2D eigenvalue weighted by Crippen LogP contribution is 2.21. The van der Waals surface area contributed by atoms with Crippen LogP contribution in [-0.2, 0) is 13.7 Å². The summed E-state index contributed by atoms with van der Waals surface area (Å²) < 4.78 is 7.28. The number of fused-ring (bicyclic) bond motifs is 1. The third-order valence-electron chi connectivity index (χ3n) is 2.94. The van der Waals surface area contributed by atoms with Crippen molar-refractivity contribution in [2.45, 2.75) is 6.61 Å². The van der Waals surface area contributed by atoms with Gasteiger partial charge in [-0.05, 0) is 18.2 Å². The Hall–Kier alpha value is -2.38. The highest BCUT2D eigenvalue weighted by molar-refractivity contribution is 6.30. The lowest BCUT2D eigenvalue weighted by Gasteiger charge is -2.08. The van der Waals surface area contributed by atoms with Crippen LogP contribution in [0.4, 0.5) is 5.82 Å². The summed E-state index contributed by atoms with van der Waals surface area (Å²) in [5.41, 5.74) is 3.23. The molecule has 0 fully saturated rings. The predicted molar refractivity (Wildman–Crippen MR) is 79.9 cm³/mol. The van der Waals surface area contributed by atoms with E-state index in [1.807, 2.05) is 12.1 Å². The molecule has 0 saturated carbocycles. The molecule has 21 heavy (non-hydrogen) atoms. The van der Waals surface area contributed by atoms with Crippen molar-refractivity contribution in [3.8, 4) is 5.75 Å². The summed E-state index contributed by atoms with van der Waals surface area (Å²) in [6, 6.07) is 7.14. The molecule has 8 heteroatoms. The highest BCUT2D eigenvalue weighted by Gasteiger charge is 2.11. The number of ether oxygens (including phenoxy) is 1. The summed E-state index contributed by atoms with van der Waals surface area (Å²) in [5.74, 6) is 7.15. The Morgan fingerprint density at radius 2 is 2.24 bits per heavy atom. The number of hydrogen-bond acceptors (Lipinski definition) is 6. The number of halogens is 1. The molecule has 0 radical (unpaired) electrons. The van der Waals surface area contributed by atoms with Gasteiger partial charge < -0.3 is 10.2 Å². The summed E-state index contributed by atoms with van der Waals surface area (Å²) in [7, 11) is 1.80. The van der Waals surface area contributed by atoms with E-state index >= 15 is 0 Å². The van der Waals surface area contributed by atoms with E-state index in [0.29, 0.717) is 28.1 Å². The first kappa shape index (κ1) is 13.6. The Bertz CT molecular complexity index is 787. The zero-order valence-corrected chi connectivity index (χ0v) is 12.0. The van der Waals surface area contributed by atoms with Crippen LogP contribution in [0.2, 0.25) is 5.02 Å². The number of anilines is 1. The monoisotopic (exact) mass is 304 g/mol. The van der Waals surface area contributed by atoms with Gasteiger partial charge in [0.2, 0.25) is 0 Å². The first-order valence-corrected chi connectivity index (χ1v) is 6.59. The van der Waals surface area contributed by atoms with Crippen LogP contribution < -0.4 is 16.0 Å². The van der Waals surface area contributed by atoms with Crippen LogP contribution in [-0.4, -0.2) is 19.7 Å². The van der Waals surface area contributed by atoms with Crippen LogP contribution in [0.25, 0.3) is 11.0 Å². The second kappa shape index (κ2) is 5.55. The lowest BCUT2D eigenvalue weighted by Crippen LogP contribution is -2.12. The van der Waals surface area contributed by atoms with Crippen molar-refractivity contribution in [2.24, 2.45) is 12.9 Å². The van der Waals surface area contributed by atoms with Crippen molar-refractivity contribution >= 4 is 28.5 Å². The molecule has 3 aromatic rings. The van der Waals surface area contributed by atoms with Crippen LogP contribution in [0.5, 0.6) is 5.75 Å². The lowest BCUT2D eigenvalue weighted by atomic mass is 10.3. The quantitative estimate of drug-likeness (QED) is 0.565. The van der Waals surface area contributed by atoms with E-state index < -0.39 is 0 Å². The number of nitrogens with one attached hydrogen (secondary N) is 1. The van der Waals surface area contributed by atoms with E-state index in [9.17, 15) is 0 Å². The fraction of sp³-hybridized carbons (Fsp3) is 0.154. The van der Waals surface area contributed by atoms with Gasteiger partial charge in [-0.3, -0.25) is 4.68 Å². The summed E-state index contributed by atoms with van der Waals surface area (Å²) in [5, 5.41) is 5.50. The minimum absolute atomic E-state index is 0.205. The fourth-order valence-corrected chi connectivity index (χ4v) is 2.13. The average Bonchev–Trinajstić information content (AvgIpc) is 2.86. The number of nitrogens with two attached hydrogens (primary N) is 1. The van der Waals surface area contributed by atoms with Crippen LogP contribution in [0.1, 0.15) is 5.82 Å². The van der Waals surface area contributed by atoms with E-state index in [2.05, 4.69) is 20.5 Å². The predicted octanol–water partition coefficient (Wildman–Crippen LogP) is 1.88. The van der Waals surface area contributed by atoms with Gasteiger partial charge in [0, 0.05) is 12.1 Å². The normalized spacial score (nSPS) is 10.8. The highest BCUT2D eigenvalue weighted by atomic mass is 35.5. The molecule has 0 unspecified atom stereocenters. The maximum absolute atomic E-state index is 5.91. The van der Waals surface area contributed by atoms with Crippen molar-refractivity contribution in [3.05, 3.63) is 41.3 Å². The van der Waals surface area contributed by atoms with Crippen LogP contribution >= 0.6 is 11.6 Å². The smallest absolute Gasteiger partial charge is 0.170 e. The number of aromatic nitrogens is 4. The van der Waals surface area contributed by atoms with Crippen molar-refractivity contribution < 1.29 is 4.74 Å². The SMILES string of the molecule is Cn1ncc2c(NN)nc(COc3cccc(Cl)c3)nc21. The zero-order valence-electron chi connectivity index (χ0n) is 11.2. The second-order valence-electron chi connectivity index (χ2n) is 4.38. The number of hydrazine groups is 1. The van der Waals surface area contributed by atoms with Crippen molar-refractivity contribution in [3.63, 3.8) is 0 Å². The minimum atomic E-state index is 0.205. The van der Waals surface area contributed by atoms with Crippen LogP contribution in [0, 0.1) is 0 Å². The lowest BCUT2D eigenvalue weighted by molar-refractivity contribution is 0.296. The van der Waals surface area contributed by atoms with Gasteiger partial charge in [-0.1, -0.05) is 17.7 Å². The van der Waals surface area contributed by atoms with Crippen LogP contribution in [0.3, 0.4) is 0 Å². The number of nitrogen functional groups attached to an aromatic ring is 1. The molecule has 1 aromatic carbocycles. The molecule has 2 aromatic heterocycles. The summed E-state index contributed by atoms with van der Waals surface area (Å²) in [4.78, 5) is 8.73. The van der Waals surface area contributed by atoms with Gasteiger partial charge in [0.05, 0.1) is 11.6 Å². The molecule has 7 nitrogen and oxygen atoms in total. The molecule has 2 heterocycles. The zero-order chi connectivity index (χ0) is 14.8.